The van der Waals surface area contributed by atoms with Crippen LogP contribution in [0.2, 0.25) is 0 Å². The topological polar surface area (TPSA) is 94.3 Å². The molecule has 0 saturated carbocycles. The fourth-order valence-corrected chi connectivity index (χ4v) is 2.97. The average Bonchev–Trinajstić information content (AvgIpc) is 2.53. The molecule has 2 rings (SSSR count). The van der Waals surface area contributed by atoms with Gasteiger partial charge in [0.25, 0.3) is 0 Å². The van der Waals surface area contributed by atoms with Gasteiger partial charge in [0.1, 0.15) is 0 Å². The molecule has 0 aliphatic carbocycles. The van der Waals surface area contributed by atoms with Crippen molar-refractivity contribution in [3.05, 3.63) is 48.5 Å². The molecule has 0 saturated heterocycles. The fraction of sp³-hybridized carbons (Fsp3) is 0.250. The van der Waals surface area contributed by atoms with Crippen LogP contribution in [0.5, 0.6) is 0 Å². The van der Waals surface area contributed by atoms with Gasteiger partial charge in [-0.3, -0.25) is 0 Å². The molecule has 2 aromatic rings. The van der Waals surface area contributed by atoms with E-state index in [1.807, 2.05) is 24.3 Å². The number of anilines is 1. The number of azo groups is 1. The fourth-order valence-electron chi connectivity index (χ4n) is 1.84. The zero-order valence-corrected chi connectivity index (χ0v) is 14.9. The number of nitrogens with one attached hydrogen (secondary N) is 1. The van der Waals surface area contributed by atoms with Gasteiger partial charge in [0.05, 0.1) is 0 Å². The predicted octanol–water partition coefficient (Wildman–Crippen LogP) is 2.87. The van der Waals surface area contributed by atoms with Crippen LogP contribution in [0.15, 0.2) is 58.8 Å². The monoisotopic (exact) mass is 377 g/mol. The molecule has 0 bridgehead atoms. The van der Waals surface area contributed by atoms with E-state index in [4.69, 9.17) is 8.19 Å². The quantitative estimate of drug-likeness (QED) is 0.533. The zero-order chi connectivity index (χ0) is 16.9. The van der Waals surface area contributed by atoms with Crippen LogP contribution in [-0.4, -0.2) is 28.4 Å². The summed E-state index contributed by atoms with van der Waals surface area (Å²) in [5.74, 6) is 0. The number of hydrogen-bond acceptors (Lipinski definition) is 4. The SMILES string of the molecule is CCC(C)Nc1ccc(N=Nc2ccc([As](=O)(O)O)cc2)cc1. The second kappa shape index (κ2) is 7.59. The van der Waals surface area contributed by atoms with Crippen molar-refractivity contribution in [2.45, 2.75) is 26.3 Å². The summed E-state index contributed by atoms with van der Waals surface area (Å²) in [5.41, 5.74) is 2.29. The Morgan fingerprint density at radius 2 is 1.48 bits per heavy atom. The Labute approximate surface area is 138 Å². The van der Waals surface area contributed by atoms with Crippen LogP contribution in [0.3, 0.4) is 0 Å². The van der Waals surface area contributed by atoms with Gasteiger partial charge in [0, 0.05) is 0 Å². The minimum atomic E-state index is -4.83. The molecule has 1 atom stereocenters. The van der Waals surface area contributed by atoms with Gasteiger partial charge in [0.2, 0.25) is 0 Å². The number of hydrogen-bond donors (Lipinski definition) is 3. The van der Waals surface area contributed by atoms with Gasteiger partial charge < -0.3 is 0 Å². The predicted molar refractivity (Wildman–Crippen MR) is 90.9 cm³/mol. The van der Waals surface area contributed by atoms with Gasteiger partial charge >= 0.3 is 118 Å². The maximum atomic E-state index is 11.1. The van der Waals surface area contributed by atoms with Gasteiger partial charge in [-0.25, -0.2) is 0 Å². The van der Waals surface area contributed by atoms with Crippen molar-refractivity contribution in [1.29, 1.82) is 0 Å². The Morgan fingerprint density at radius 1 is 1.00 bits per heavy atom. The van der Waals surface area contributed by atoms with Gasteiger partial charge in [-0.2, -0.15) is 0 Å². The van der Waals surface area contributed by atoms with Crippen molar-refractivity contribution >= 4 is 35.6 Å². The molecule has 0 fully saturated rings. The third-order valence-corrected chi connectivity index (χ3v) is 5.40. The van der Waals surface area contributed by atoms with E-state index >= 15 is 0 Å². The van der Waals surface area contributed by atoms with E-state index in [0.29, 0.717) is 17.4 Å². The van der Waals surface area contributed by atoms with Crippen LogP contribution in [0.25, 0.3) is 0 Å². The number of benzene rings is 2. The van der Waals surface area contributed by atoms with Crippen molar-refractivity contribution in [2.75, 3.05) is 5.32 Å². The van der Waals surface area contributed by atoms with Crippen molar-refractivity contribution in [1.82, 2.24) is 0 Å². The molecule has 0 aliphatic rings. The van der Waals surface area contributed by atoms with E-state index in [1.54, 1.807) is 0 Å². The zero-order valence-electron chi connectivity index (χ0n) is 13.0. The summed E-state index contributed by atoms with van der Waals surface area (Å²) in [7, 11) is 0. The molecule has 3 N–H and O–H groups in total. The Bertz CT molecular complexity index is 708. The van der Waals surface area contributed by atoms with E-state index in [1.165, 1.54) is 24.3 Å². The average molecular weight is 377 g/mol. The number of nitrogens with zero attached hydrogens (tertiary/aromatic N) is 2. The van der Waals surface area contributed by atoms with Crippen molar-refractivity contribution in [2.24, 2.45) is 10.2 Å². The molecule has 0 amide bonds. The third kappa shape index (κ3) is 5.36. The Hall–Kier alpha value is -1.88. The Balaban J connectivity index is 2.04. The van der Waals surface area contributed by atoms with Crippen molar-refractivity contribution in [3.8, 4) is 0 Å². The molecule has 2 aromatic carbocycles. The molecule has 0 aromatic heterocycles. The molecule has 0 aliphatic heterocycles. The first kappa shape index (κ1) is 17.5. The second-order valence-corrected chi connectivity index (χ2v) is 8.63. The van der Waals surface area contributed by atoms with Crippen molar-refractivity contribution < 1.29 is 11.9 Å². The minimum absolute atomic E-state index is 0.0301. The first-order valence-corrected chi connectivity index (χ1v) is 10.7. The number of rotatable bonds is 6. The standard InChI is InChI=1S/C16H20AsN3O3/c1-3-12(2)18-14-8-10-16(11-9-14)20-19-15-6-4-13(5-7-15)17(21,22)23/h4-12,18H,3H2,1-2H3,(H2,21,22,23). The summed E-state index contributed by atoms with van der Waals surface area (Å²) in [5, 5.41) is 11.6. The molecule has 1 unspecified atom stereocenters. The first-order valence-electron chi connectivity index (χ1n) is 7.33. The van der Waals surface area contributed by atoms with Crippen LogP contribution in [0, 0.1) is 0 Å². The third-order valence-electron chi connectivity index (χ3n) is 3.36. The summed E-state index contributed by atoms with van der Waals surface area (Å²) in [4.78, 5) is 0. The molecule has 6 nitrogen and oxygen atoms in total. The molecule has 0 spiro atoms. The van der Waals surface area contributed by atoms with E-state index < -0.39 is 14.2 Å². The van der Waals surface area contributed by atoms with Gasteiger partial charge in [-0.05, 0) is 13.3 Å². The maximum absolute atomic E-state index is 11.1. The normalized spacial score (nSPS) is 13.2. The van der Waals surface area contributed by atoms with E-state index in [-0.39, 0.29) is 4.35 Å². The first-order chi connectivity index (χ1) is 10.9. The van der Waals surface area contributed by atoms with Gasteiger partial charge in [-0.1, -0.05) is 6.92 Å². The molecular formula is C16H20AsN3O3. The Kier molecular flexibility index (Phi) is 5.77. The second-order valence-electron chi connectivity index (χ2n) is 5.26. The van der Waals surface area contributed by atoms with E-state index in [9.17, 15) is 3.74 Å². The molecule has 122 valence electrons. The van der Waals surface area contributed by atoms with E-state index in [0.717, 1.165) is 12.1 Å². The van der Waals surface area contributed by atoms with Gasteiger partial charge in [0.15, 0.2) is 0 Å². The van der Waals surface area contributed by atoms with Crippen LogP contribution in [0.1, 0.15) is 20.3 Å². The van der Waals surface area contributed by atoms with Crippen LogP contribution >= 0.6 is 0 Å². The van der Waals surface area contributed by atoms with Crippen LogP contribution in [-0.2, 0) is 3.74 Å². The van der Waals surface area contributed by atoms with Crippen LogP contribution < -0.4 is 9.67 Å². The molecule has 0 heterocycles. The summed E-state index contributed by atoms with van der Waals surface area (Å²) >= 11 is -4.83. The Morgan fingerprint density at radius 3 is 1.91 bits per heavy atom. The van der Waals surface area contributed by atoms with E-state index in [2.05, 4.69) is 29.4 Å². The van der Waals surface area contributed by atoms with Crippen molar-refractivity contribution in [3.63, 3.8) is 0 Å². The molecule has 7 heteroatoms. The summed E-state index contributed by atoms with van der Waals surface area (Å²) in [6.45, 7) is 4.25. The summed E-state index contributed by atoms with van der Waals surface area (Å²) in [6, 6.07) is 13.9. The molecular weight excluding hydrogens is 357 g/mol. The van der Waals surface area contributed by atoms with Gasteiger partial charge in [-0.15, -0.1) is 0 Å². The van der Waals surface area contributed by atoms with Crippen LogP contribution in [0.4, 0.5) is 17.1 Å². The summed E-state index contributed by atoms with van der Waals surface area (Å²) in [6.07, 6.45) is 1.05. The summed E-state index contributed by atoms with van der Waals surface area (Å²) < 4.78 is 29.4. The molecule has 23 heavy (non-hydrogen) atoms. The molecule has 0 radical (unpaired) electrons.